The maximum absolute atomic E-state index is 5.53. The maximum Gasteiger partial charge on any atom is 0.225 e. The Morgan fingerprint density at radius 1 is 1.00 bits per heavy atom. The van der Waals surface area contributed by atoms with Crippen molar-refractivity contribution in [3.63, 3.8) is 0 Å². The summed E-state index contributed by atoms with van der Waals surface area (Å²) in [5.74, 6) is 2.50. The molecule has 1 aromatic heterocycles. The maximum atomic E-state index is 5.53. The van der Waals surface area contributed by atoms with E-state index in [9.17, 15) is 0 Å². The van der Waals surface area contributed by atoms with E-state index in [1.54, 1.807) is 7.11 Å². The number of methoxy groups -OCH3 is 1. The SMILES string of the molecule is COc1ccccc1CNC(=S)N[C@H]1CC[C@@H](Nc2nc(N(C)C)c3ccccc3n2)CC1. The van der Waals surface area contributed by atoms with Gasteiger partial charge in [0.1, 0.15) is 11.6 Å². The zero-order valence-corrected chi connectivity index (χ0v) is 20.3. The zero-order valence-electron chi connectivity index (χ0n) is 19.5. The molecule has 0 aliphatic heterocycles. The van der Waals surface area contributed by atoms with E-state index in [0.717, 1.165) is 53.7 Å². The van der Waals surface area contributed by atoms with Crippen LogP contribution in [0.5, 0.6) is 5.75 Å². The Morgan fingerprint density at radius 3 is 2.45 bits per heavy atom. The molecule has 3 N–H and O–H groups in total. The van der Waals surface area contributed by atoms with Gasteiger partial charge in [-0.15, -0.1) is 0 Å². The Morgan fingerprint density at radius 2 is 1.70 bits per heavy atom. The normalized spacial score (nSPS) is 17.9. The fraction of sp³-hybridized carbons (Fsp3) is 0.400. The predicted molar refractivity (Wildman–Crippen MR) is 139 cm³/mol. The van der Waals surface area contributed by atoms with E-state index in [2.05, 4.69) is 22.0 Å². The van der Waals surface area contributed by atoms with Crippen molar-refractivity contribution in [1.82, 2.24) is 20.6 Å². The highest BCUT2D eigenvalue weighted by atomic mass is 32.1. The molecular formula is C25H32N6OS. The van der Waals surface area contributed by atoms with E-state index < -0.39 is 0 Å². The number of fused-ring (bicyclic) bond motifs is 1. The molecule has 4 rings (SSSR count). The average Bonchev–Trinajstić information content (AvgIpc) is 2.83. The molecule has 1 saturated carbocycles. The summed E-state index contributed by atoms with van der Waals surface area (Å²) in [5.41, 5.74) is 2.05. The van der Waals surface area contributed by atoms with Gasteiger partial charge in [-0.3, -0.25) is 0 Å². The van der Waals surface area contributed by atoms with Crippen LogP contribution in [0.15, 0.2) is 48.5 Å². The third kappa shape index (κ3) is 5.82. The monoisotopic (exact) mass is 464 g/mol. The van der Waals surface area contributed by atoms with Gasteiger partial charge in [-0.05, 0) is 56.1 Å². The van der Waals surface area contributed by atoms with Gasteiger partial charge in [0.05, 0.1) is 12.6 Å². The topological polar surface area (TPSA) is 74.3 Å². The van der Waals surface area contributed by atoms with Gasteiger partial charge in [0.25, 0.3) is 0 Å². The number of rotatable bonds is 7. The van der Waals surface area contributed by atoms with Gasteiger partial charge in [0.2, 0.25) is 5.95 Å². The number of ether oxygens (including phenoxy) is 1. The summed E-state index contributed by atoms with van der Waals surface area (Å²) < 4.78 is 5.41. The second kappa shape index (κ2) is 10.7. The van der Waals surface area contributed by atoms with Gasteiger partial charge in [-0.25, -0.2) is 4.98 Å². The van der Waals surface area contributed by atoms with Crippen molar-refractivity contribution in [3.05, 3.63) is 54.1 Å². The Labute approximate surface area is 200 Å². The number of nitrogens with one attached hydrogen (secondary N) is 3. The fourth-order valence-corrected chi connectivity index (χ4v) is 4.53. The molecule has 8 heteroatoms. The van der Waals surface area contributed by atoms with E-state index in [1.807, 2.05) is 61.5 Å². The van der Waals surface area contributed by atoms with Crippen LogP contribution in [-0.2, 0) is 6.54 Å². The molecule has 1 heterocycles. The van der Waals surface area contributed by atoms with Crippen molar-refractivity contribution in [2.24, 2.45) is 0 Å². The van der Waals surface area contributed by atoms with Gasteiger partial charge in [0, 0.05) is 43.7 Å². The van der Waals surface area contributed by atoms with Gasteiger partial charge in [-0.2, -0.15) is 4.98 Å². The summed E-state index contributed by atoms with van der Waals surface area (Å²) in [6.45, 7) is 0.639. The Bertz CT molecular complexity index is 1100. The van der Waals surface area contributed by atoms with Crippen LogP contribution in [0.3, 0.4) is 0 Å². The number of hydrogen-bond donors (Lipinski definition) is 3. The number of para-hydroxylation sites is 2. The van der Waals surface area contributed by atoms with Crippen LogP contribution in [0, 0.1) is 0 Å². The lowest BCUT2D eigenvalue weighted by Crippen LogP contribution is -2.44. The largest absolute Gasteiger partial charge is 0.496 e. The summed E-state index contributed by atoms with van der Waals surface area (Å²) in [4.78, 5) is 11.6. The van der Waals surface area contributed by atoms with E-state index in [0.29, 0.717) is 29.7 Å². The van der Waals surface area contributed by atoms with E-state index >= 15 is 0 Å². The van der Waals surface area contributed by atoms with E-state index in [4.69, 9.17) is 26.9 Å². The quantitative estimate of drug-likeness (QED) is 0.452. The van der Waals surface area contributed by atoms with Crippen molar-refractivity contribution >= 4 is 40.0 Å². The lowest BCUT2D eigenvalue weighted by Gasteiger charge is -2.30. The molecule has 2 aromatic carbocycles. The molecule has 1 aliphatic carbocycles. The molecule has 1 aliphatic rings. The van der Waals surface area contributed by atoms with Crippen LogP contribution in [0.1, 0.15) is 31.2 Å². The summed E-state index contributed by atoms with van der Waals surface area (Å²) in [5, 5.41) is 12.1. The molecule has 0 amide bonds. The standard InChI is InChI=1S/C25H32N6OS/c1-31(2)23-20-9-5-6-10-21(20)29-24(30-23)27-18-12-14-19(15-13-18)28-25(33)26-16-17-8-4-7-11-22(17)32-3/h4-11,18-19H,12-16H2,1-3H3,(H2,26,28,33)(H,27,29,30)/t18-,19+. The van der Waals surface area contributed by atoms with Crippen molar-refractivity contribution in [2.75, 3.05) is 31.4 Å². The molecule has 0 bridgehead atoms. The number of nitrogens with zero attached hydrogens (tertiary/aromatic N) is 3. The van der Waals surface area contributed by atoms with Crippen LogP contribution in [0.25, 0.3) is 10.9 Å². The Balaban J connectivity index is 1.28. The molecule has 0 radical (unpaired) electrons. The van der Waals surface area contributed by atoms with E-state index in [-0.39, 0.29) is 0 Å². The highest BCUT2D eigenvalue weighted by Crippen LogP contribution is 2.26. The number of benzene rings is 2. The van der Waals surface area contributed by atoms with Crippen LogP contribution in [0.2, 0.25) is 0 Å². The van der Waals surface area contributed by atoms with Crippen LogP contribution in [-0.4, -0.2) is 48.4 Å². The fourth-order valence-electron chi connectivity index (χ4n) is 4.29. The minimum atomic E-state index is 0.356. The molecule has 0 atom stereocenters. The first-order valence-corrected chi connectivity index (χ1v) is 11.8. The van der Waals surface area contributed by atoms with Crippen molar-refractivity contribution in [2.45, 2.75) is 44.3 Å². The van der Waals surface area contributed by atoms with Crippen LogP contribution >= 0.6 is 12.2 Å². The van der Waals surface area contributed by atoms with Crippen molar-refractivity contribution in [1.29, 1.82) is 0 Å². The molecule has 174 valence electrons. The third-order valence-corrected chi connectivity index (χ3v) is 6.30. The predicted octanol–water partition coefficient (Wildman–Crippen LogP) is 4.09. The van der Waals surface area contributed by atoms with E-state index in [1.165, 1.54) is 0 Å². The molecule has 1 fully saturated rings. The summed E-state index contributed by atoms with van der Waals surface area (Å²) >= 11 is 5.53. The second-order valence-electron chi connectivity index (χ2n) is 8.61. The minimum absolute atomic E-state index is 0.356. The Kier molecular flexibility index (Phi) is 7.44. The molecule has 3 aromatic rings. The number of hydrogen-bond acceptors (Lipinski definition) is 6. The summed E-state index contributed by atoms with van der Waals surface area (Å²) in [7, 11) is 5.71. The van der Waals surface area contributed by atoms with Gasteiger partial charge >= 0.3 is 0 Å². The van der Waals surface area contributed by atoms with Gasteiger partial charge in [0.15, 0.2) is 5.11 Å². The van der Waals surface area contributed by atoms with Gasteiger partial charge < -0.3 is 25.6 Å². The van der Waals surface area contributed by atoms with Crippen molar-refractivity contribution in [3.8, 4) is 5.75 Å². The second-order valence-corrected chi connectivity index (χ2v) is 9.02. The first-order chi connectivity index (χ1) is 16.0. The van der Waals surface area contributed by atoms with Crippen molar-refractivity contribution < 1.29 is 4.74 Å². The Hall–Kier alpha value is -3.13. The number of anilines is 2. The molecule has 33 heavy (non-hydrogen) atoms. The number of aromatic nitrogens is 2. The smallest absolute Gasteiger partial charge is 0.225 e. The lowest BCUT2D eigenvalue weighted by molar-refractivity contribution is 0.385. The summed E-state index contributed by atoms with van der Waals surface area (Å²) in [6, 6.07) is 16.8. The summed E-state index contributed by atoms with van der Waals surface area (Å²) in [6.07, 6.45) is 4.17. The highest BCUT2D eigenvalue weighted by molar-refractivity contribution is 7.80. The first-order valence-electron chi connectivity index (χ1n) is 11.4. The molecule has 7 nitrogen and oxygen atoms in total. The van der Waals surface area contributed by atoms with Gasteiger partial charge in [-0.1, -0.05) is 30.3 Å². The van der Waals surface area contributed by atoms with Crippen LogP contribution < -0.4 is 25.6 Å². The molecule has 0 unspecified atom stereocenters. The first kappa shape index (κ1) is 23.0. The van der Waals surface area contributed by atoms with Crippen LogP contribution in [0.4, 0.5) is 11.8 Å². The molecule has 0 saturated heterocycles. The number of thiocarbonyl (C=S) groups is 1. The highest BCUT2D eigenvalue weighted by Gasteiger charge is 2.23. The average molecular weight is 465 g/mol. The molecule has 0 spiro atoms. The lowest BCUT2D eigenvalue weighted by atomic mass is 9.91. The minimum Gasteiger partial charge on any atom is -0.496 e. The molecular weight excluding hydrogens is 432 g/mol. The third-order valence-electron chi connectivity index (χ3n) is 6.03. The zero-order chi connectivity index (χ0) is 23.2.